The molecule has 1 aromatic carbocycles. The maximum absolute atomic E-state index is 12.0. The predicted octanol–water partition coefficient (Wildman–Crippen LogP) is 2.06. The molecule has 0 aliphatic carbocycles. The van der Waals surface area contributed by atoms with E-state index in [1.807, 2.05) is 26.2 Å². The smallest absolute Gasteiger partial charge is 0.340 e. The maximum atomic E-state index is 12.0. The van der Waals surface area contributed by atoms with E-state index in [0.717, 1.165) is 10.9 Å². The Balaban J connectivity index is 2.91. The van der Waals surface area contributed by atoms with Crippen LogP contribution in [0.4, 0.5) is 0 Å². The first kappa shape index (κ1) is 13.1. The van der Waals surface area contributed by atoms with E-state index in [2.05, 4.69) is 0 Å². The van der Waals surface area contributed by atoms with Crippen LogP contribution in [0.2, 0.25) is 0 Å². The molecule has 0 unspecified atom stereocenters. The second kappa shape index (κ2) is 4.76. The molecule has 1 aromatic heterocycles. The molecule has 0 spiro atoms. The van der Waals surface area contributed by atoms with Crippen molar-refractivity contribution in [1.29, 1.82) is 0 Å². The van der Waals surface area contributed by atoms with E-state index in [0.29, 0.717) is 5.52 Å². The Morgan fingerprint density at radius 1 is 1.16 bits per heavy atom. The van der Waals surface area contributed by atoms with Crippen LogP contribution >= 0.6 is 0 Å². The third-order valence-electron chi connectivity index (χ3n) is 3.16. The van der Waals surface area contributed by atoms with Gasteiger partial charge in [0.1, 0.15) is 0 Å². The minimum Gasteiger partial charge on any atom is -0.465 e. The summed E-state index contributed by atoms with van der Waals surface area (Å²) in [5.74, 6) is -1.10. The first-order valence-corrected chi connectivity index (χ1v) is 5.76. The zero-order valence-electron chi connectivity index (χ0n) is 11.3. The molecule has 19 heavy (non-hydrogen) atoms. The molecule has 5 nitrogen and oxygen atoms in total. The van der Waals surface area contributed by atoms with Crippen molar-refractivity contribution in [1.82, 2.24) is 4.57 Å². The topological polar surface area (TPSA) is 57.5 Å². The Bertz CT molecular complexity index is 670. The zero-order valence-corrected chi connectivity index (χ0v) is 11.3. The first-order valence-electron chi connectivity index (χ1n) is 5.76. The third-order valence-corrected chi connectivity index (χ3v) is 3.16. The second-order valence-electron chi connectivity index (χ2n) is 4.29. The molecule has 0 saturated carbocycles. The number of aryl methyl sites for hydroxylation is 2. The quantitative estimate of drug-likeness (QED) is 0.776. The largest absolute Gasteiger partial charge is 0.465 e. The second-order valence-corrected chi connectivity index (χ2v) is 4.29. The molecular weight excluding hydrogens is 246 g/mol. The molecule has 0 saturated heterocycles. The minimum atomic E-state index is -0.549. The molecule has 0 aliphatic rings. The Labute approximate surface area is 110 Å². The molecular formula is C14H15NO4. The van der Waals surface area contributed by atoms with Crippen molar-refractivity contribution in [2.45, 2.75) is 6.92 Å². The average Bonchev–Trinajstić information content (AvgIpc) is 2.80. The molecule has 0 atom stereocenters. The highest BCUT2D eigenvalue weighted by molar-refractivity contribution is 6.12. The van der Waals surface area contributed by atoms with Crippen LogP contribution in [0.3, 0.4) is 0 Å². The lowest BCUT2D eigenvalue weighted by Crippen LogP contribution is -2.14. The van der Waals surface area contributed by atoms with Crippen LogP contribution < -0.4 is 0 Å². The van der Waals surface area contributed by atoms with Crippen LogP contribution in [0.15, 0.2) is 18.3 Å². The van der Waals surface area contributed by atoms with Crippen molar-refractivity contribution >= 4 is 22.8 Å². The summed E-state index contributed by atoms with van der Waals surface area (Å²) in [4.78, 5) is 23.8. The van der Waals surface area contributed by atoms with Gasteiger partial charge >= 0.3 is 11.9 Å². The van der Waals surface area contributed by atoms with Crippen LogP contribution in [0.1, 0.15) is 26.3 Å². The van der Waals surface area contributed by atoms with E-state index in [1.54, 1.807) is 10.6 Å². The molecule has 0 bridgehead atoms. The number of rotatable bonds is 2. The minimum absolute atomic E-state index is 0.223. The molecule has 0 amide bonds. The van der Waals surface area contributed by atoms with Crippen LogP contribution in [-0.2, 0) is 16.5 Å². The van der Waals surface area contributed by atoms with Gasteiger partial charge in [0.15, 0.2) is 0 Å². The van der Waals surface area contributed by atoms with E-state index in [9.17, 15) is 9.59 Å². The van der Waals surface area contributed by atoms with Gasteiger partial charge in [0, 0.05) is 18.6 Å². The lowest BCUT2D eigenvalue weighted by atomic mass is 10.00. The number of nitrogens with zero attached hydrogens (tertiary/aromatic N) is 1. The summed E-state index contributed by atoms with van der Waals surface area (Å²) in [6, 6.07) is 3.55. The molecule has 2 rings (SSSR count). The molecule has 1 heterocycles. The summed E-state index contributed by atoms with van der Waals surface area (Å²) in [7, 11) is 4.39. The summed E-state index contributed by atoms with van der Waals surface area (Å²) in [6.07, 6.45) is 1.84. The van der Waals surface area contributed by atoms with Crippen molar-refractivity contribution in [3.63, 3.8) is 0 Å². The number of fused-ring (bicyclic) bond motifs is 1. The highest BCUT2D eigenvalue weighted by Gasteiger charge is 2.24. The zero-order chi connectivity index (χ0) is 14.2. The van der Waals surface area contributed by atoms with Crippen LogP contribution in [-0.4, -0.2) is 30.7 Å². The lowest BCUT2D eigenvalue weighted by molar-refractivity contribution is 0.0556. The Morgan fingerprint density at radius 3 is 2.37 bits per heavy atom. The Kier molecular flexibility index (Phi) is 3.29. The summed E-state index contributed by atoms with van der Waals surface area (Å²) < 4.78 is 11.3. The molecule has 5 heteroatoms. The summed E-state index contributed by atoms with van der Waals surface area (Å²) >= 11 is 0. The summed E-state index contributed by atoms with van der Waals surface area (Å²) in [5, 5.41) is 0.913. The normalized spacial score (nSPS) is 10.5. The van der Waals surface area contributed by atoms with Gasteiger partial charge in [-0.3, -0.25) is 0 Å². The number of esters is 2. The van der Waals surface area contributed by atoms with Gasteiger partial charge in [-0.1, -0.05) is 0 Å². The number of aromatic nitrogens is 1. The highest BCUT2D eigenvalue weighted by Crippen LogP contribution is 2.28. The molecule has 0 radical (unpaired) electrons. The molecule has 0 aliphatic heterocycles. The van der Waals surface area contributed by atoms with E-state index >= 15 is 0 Å². The van der Waals surface area contributed by atoms with Gasteiger partial charge in [-0.15, -0.1) is 0 Å². The summed E-state index contributed by atoms with van der Waals surface area (Å²) in [5.41, 5.74) is 2.04. The van der Waals surface area contributed by atoms with E-state index in [4.69, 9.17) is 9.47 Å². The number of ether oxygens (including phenoxy) is 2. The van der Waals surface area contributed by atoms with Gasteiger partial charge in [-0.25, -0.2) is 9.59 Å². The van der Waals surface area contributed by atoms with Crippen molar-refractivity contribution in [2.24, 2.45) is 7.05 Å². The number of benzene rings is 1. The fourth-order valence-corrected chi connectivity index (χ4v) is 2.23. The van der Waals surface area contributed by atoms with Crippen LogP contribution in [0.25, 0.3) is 10.9 Å². The van der Waals surface area contributed by atoms with Gasteiger partial charge in [0.05, 0.1) is 30.9 Å². The van der Waals surface area contributed by atoms with Gasteiger partial charge in [0.25, 0.3) is 0 Å². The number of carbonyl (C=O) groups is 2. The van der Waals surface area contributed by atoms with Gasteiger partial charge in [-0.05, 0) is 24.6 Å². The standard InChI is InChI=1S/C14H15NO4/c1-8-7-10(13(16)18-3)11(14(17)19-4)12-9(8)5-6-15(12)2/h5-7H,1-4H3. The van der Waals surface area contributed by atoms with Crippen LogP contribution in [0.5, 0.6) is 0 Å². The lowest BCUT2D eigenvalue weighted by Gasteiger charge is -2.11. The molecule has 2 aromatic rings. The van der Waals surface area contributed by atoms with Crippen molar-refractivity contribution in [2.75, 3.05) is 14.2 Å². The number of hydrogen-bond acceptors (Lipinski definition) is 4. The van der Waals surface area contributed by atoms with Gasteiger partial charge in [0.2, 0.25) is 0 Å². The fraction of sp³-hybridized carbons (Fsp3) is 0.286. The SMILES string of the molecule is COC(=O)c1cc(C)c2ccn(C)c2c1C(=O)OC. The third kappa shape index (κ3) is 1.97. The Hall–Kier alpha value is -2.30. The van der Waals surface area contributed by atoms with Crippen molar-refractivity contribution in [3.05, 3.63) is 35.0 Å². The van der Waals surface area contributed by atoms with Crippen LogP contribution in [0, 0.1) is 6.92 Å². The fourth-order valence-electron chi connectivity index (χ4n) is 2.23. The van der Waals surface area contributed by atoms with E-state index in [1.165, 1.54) is 14.2 Å². The molecule has 100 valence electrons. The predicted molar refractivity (Wildman–Crippen MR) is 70.3 cm³/mol. The monoisotopic (exact) mass is 261 g/mol. The number of methoxy groups -OCH3 is 2. The average molecular weight is 261 g/mol. The van der Waals surface area contributed by atoms with E-state index in [-0.39, 0.29) is 11.1 Å². The molecule has 0 N–H and O–H groups in total. The number of carbonyl (C=O) groups excluding carboxylic acids is 2. The first-order chi connectivity index (χ1) is 9.01. The maximum Gasteiger partial charge on any atom is 0.340 e. The van der Waals surface area contributed by atoms with Crippen molar-refractivity contribution in [3.8, 4) is 0 Å². The Morgan fingerprint density at radius 2 is 1.79 bits per heavy atom. The van der Waals surface area contributed by atoms with Gasteiger partial charge in [-0.2, -0.15) is 0 Å². The van der Waals surface area contributed by atoms with E-state index < -0.39 is 11.9 Å². The molecule has 0 fully saturated rings. The number of hydrogen-bond donors (Lipinski definition) is 0. The summed E-state index contributed by atoms with van der Waals surface area (Å²) in [6.45, 7) is 1.88. The van der Waals surface area contributed by atoms with Crippen molar-refractivity contribution < 1.29 is 19.1 Å². The van der Waals surface area contributed by atoms with Gasteiger partial charge < -0.3 is 14.0 Å². The highest BCUT2D eigenvalue weighted by atomic mass is 16.5.